The van der Waals surface area contributed by atoms with Crippen LogP contribution in [0, 0.1) is 24.1 Å². The van der Waals surface area contributed by atoms with Crippen molar-refractivity contribution in [3.63, 3.8) is 0 Å². The number of nitrogens with zero attached hydrogens (tertiary/aromatic N) is 1. The first-order chi connectivity index (χ1) is 6.22. The first-order valence-electron chi connectivity index (χ1n) is 3.81. The third-order valence-corrected chi connectivity index (χ3v) is 2.93. The van der Waals surface area contributed by atoms with Gasteiger partial charge in [0.05, 0.1) is 0 Å². The molecule has 0 radical (unpaired) electrons. The van der Waals surface area contributed by atoms with E-state index in [9.17, 15) is 4.39 Å². The summed E-state index contributed by atoms with van der Waals surface area (Å²) in [6, 6.07) is 7.38. The van der Waals surface area contributed by atoms with Crippen LogP contribution in [0.1, 0.15) is 10.4 Å². The zero-order chi connectivity index (χ0) is 9.42. The number of halogens is 1. The molecule has 2 aromatic rings. The molecule has 0 unspecified atom stereocenters. The van der Waals surface area contributed by atoms with Crippen LogP contribution in [0.5, 0.6) is 0 Å². The Kier molecular flexibility index (Phi) is 1.78. The normalized spacial score (nSPS) is 10.2. The summed E-state index contributed by atoms with van der Waals surface area (Å²) in [5.74, 6) is -0.383. The molecular weight excluding hydrogens is 185 g/mol. The van der Waals surface area contributed by atoms with E-state index >= 15 is 0 Å². The molecule has 0 bridgehead atoms. The molecular formula is C10H6FNS. The van der Waals surface area contributed by atoms with Crippen molar-refractivity contribution < 1.29 is 4.39 Å². The summed E-state index contributed by atoms with van der Waals surface area (Å²) in [4.78, 5) is 0.167. The molecule has 0 saturated carbocycles. The fourth-order valence-electron chi connectivity index (χ4n) is 1.25. The SMILES string of the molecule is Cc1ccc2sc(C#N)c(F)c2c1. The molecule has 0 amide bonds. The maximum Gasteiger partial charge on any atom is 0.159 e. The Bertz CT molecular complexity index is 507. The van der Waals surface area contributed by atoms with E-state index in [4.69, 9.17) is 5.26 Å². The molecule has 1 aromatic carbocycles. The van der Waals surface area contributed by atoms with Crippen molar-refractivity contribution in [3.05, 3.63) is 34.5 Å². The molecule has 1 nitrogen and oxygen atoms in total. The highest BCUT2D eigenvalue weighted by atomic mass is 32.1. The summed E-state index contributed by atoms with van der Waals surface area (Å²) in [5, 5.41) is 9.17. The molecule has 0 aliphatic heterocycles. The second kappa shape index (κ2) is 2.82. The zero-order valence-electron chi connectivity index (χ0n) is 6.97. The van der Waals surface area contributed by atoms with Gasteiger partial charge in [0.15, 0.2) is 5.82 Å². The Morgan fingerprint density at radius 1 is 1.46 bits per heavy atom. The van der Waals surface area contributed by atoms with Crippen molar-refractivity contribution in [2.75, 3.05) is 0 Å². The number of nitriles is 1. The summed E-state index contributed by atoms with van der Waals surface area (Å²) in [7, 11) is 0. The molecule has 1 aromatic heterocycles. The predicted molar refractivity (Wildman–Crippen MR) is 51.2 cm³/mol. The van der Waals surface area contributed by atoms with Gasteiger partial charge in [0.2, 0.25) is 0 Å². The predicted octanol–water partition coefficient (Wildman–Crippen LogP) is 3.22. The molecule has 0 atom stereocenters. The summed E-state index contributed by atoms with van der Waals surface area (Å²) in [6.07, 6.45) is 0. The Morgan fingerprint density at radius 3 is 2.92 bits per heavy atom. The summed E-state index contributed by atoms with van der Waals surface area (Å²) >= 11 is 1.20. The highest BCUT2D eigenvalue weighted by Crippen LogP contribution is 2.29. The lowest BCUT2D eigenvalue weighted by Gasteiger charge is -1.91. The van der Waals surface area contributed by atoms with Gasteiger partial charge < -0.3 is 0 Å². The van der Waals surface area contributed by atoms with Crippen molar-refractivity contribution >= 4 is 21.4 Å². The van der Waals surface area contributed by atoms with Crippen LogP contribution < -0.4 is 0 Å². The van der Waals surface area contributed by atoms with Gasteiger partial charge in [0.25, 0.3) is 0 Å². The minimum atomic E-state index is -0.383. The van der Waals surface area contributed by atoms with Gasteiger partial charge in [-0.1, -0.05) is 11.6 Å². The maximum absolute atomic E-state index is 13.4. The fourth-order valence-corrected chi connectivity index (χ4v) is 2.11. The van der Waals surface area contributed by atoms with Gasteiger partial charge in [-0.15, -0.1) is 11.3 Å². The lowest BCUT2D eigenvalue weighted by atomic mass is 10.2. The van der Waals surface area contributed by atoms with Gasteiger partial charge in [-0.05, 0) is 19.1 Å². The second-order valence-electron chi connectivity index (χ2n) is 2.86. The first-order valence-corrected chi connectivity index (χ1v) is 4.63. The van der Waals surface area contributed by atoms with E-state index in [0.29, 0.717) is 5.39 Å². The minimum absolute atomic E-state index is 0.167. The molecule has 13 heavy (non-hydrogen) atoms. The van der Waals surface area contributed by atoms with Gasteiger partial charge in [-0.3, -0.25) is 0 Å². The van der Waals surface area contributed by atoms with Crippen LogP contribution in [0.15, 0.2) is 18.2 Å². The molecule has 64 valence electrons. The van der Waals surface area contributed by atoms with Gasteiger partial charge in [0, 0.05) is 10.1 Å². The summed E-state index contributed by atoms with van der Waals surface area (Å²) < 4.78 is 14.2. The number of aryl methyl sites for hydroxylation is 1. The summed E-state index contributed by atoms with van der Waals surface area (Å²) in [5.41, 5.74) is 1.01. The molecule has 3 heteroatoms. The molecule has 0 spiro atoms. The third-order valence-electron chi connectivity index (χ3n) is 1.88. The van der Waals surface area contributed by atoms with E-state index in [2.05, 4.69) is 0 Å². The molecule has 0 aliphatic carbocycles. The Balaban J connectivity index is 2.87. The van der Waals surface area contributed by atoms with Gasteiger partial charge in [-0.2, -0.15) is 5.26 Å². The number of rotatable bonds is 0. The standard InChI is InChI=1S/C10H6FNS/c1-6-2-3-8-7(4-6)10(11)9(5-12)13-8/h2-4H,1H3. The van der Waals surface area contributed by atoms with Crippen LogP contribution in [0.4, 0.5) is 4.39 Å². The number of thiophene rings is 1. The largest absolute Gasteiger partial charge is 0.204 e. The topological polar surface area (TPSA) is 23.8 Å². The van der Waals surface area contributed by atoms with Crippen LogP contribution in [-0.2, 0) is 0 Å². The molecule has 0 aliphatic rings. The van der Waals surface area contributed by atoms with E-state index in [0.717, 1.165) is 10.3 Å². The van der Waals surface area contributed by atoms with Crippen molar-refractivity contribution in [1.29, 1.82) is 5.26 Å². The molecule has 0 fully saturated rings. The van der Waals surface area contributed by atoms with Crippen molar-refractivity contribution in [2.24, 2.45) is 0 Å². The number of fused-ring (bicyclic) bond motifs is 1. The van der Waals surface area contributed by atoms with E-state index < -0.39 is 0 Å². The lowest BCUT2D eigenvalue weighted by molar-refractivity contribution is 0.641. The zero-order valence-corrected chi connectivity index (χ0v) is 7.78. The first kappa shape index (κ1) is 8.21. The highest BCUT2D eigenvalue weighted by molar-refractivity contribution is 7.19. The Morgan fingerprint density at radius 2 is 2.23 bits per heavy atom. The van der Waals surface area contributed by atoms with Crippen LogP contribution in [0.3, 0.4) is 0 Å². The average molecular weight is 191 g/mol. The van der Waals surface area contributed by atoms with E-state index in [1.54, 1.807) is 6.07 Å². The molecule has 2 rings (SSSR count). The fraction of sp³-hybridized carbons (Fsp3) is 0.100. The monoisotopic (exact) mass is 191 g/mol. The average Bonchev–Trinajstić information content (AvgIpc) is 2.44. The third kappa shape index (κ3) is 1.20. The van der Waals surface area contributed by atoms with Gasteiger partial charge >= 0.3 is 0 Å². The number of hydrogen-bond donors (Lipinski definition) is 0. The number of benzene rings is 1. The highest BCUT2D eigenvalue weighted by Gasteiger charge is 2.10. The smallest absolute Gasteiger partial charge is 0.159 e. The van der Waals surface area contributed by atoms with E-state index in [1.165, 1.54) is 11.3 Å². The second-order valence-corrected chi connectivity index (χ2v) is 3.91. The van der Waals surface area contributed by atoms with Crippen molar-refractivity contribution in [3.8, 4) is 6.07 Å². The molecule has 0 N–H and O–H groups in total. The van der Waals surface area contributed by atoms with Crippen LogP contribution >= 0.6 is 11.3 Å². The molecule has 1 heterocycles. The van der Waals surface area contributed by atoms with Crippen LogP contribution in [0.25, 0.3) is 10.1 Å². The van der Waals surface area contributed by atoms with Crippen molar-refractivity contribution in [1.82, 2.24) is 0 Å². The number of hydrogen-bond acceptors (Lipinski definition) is 2. The molecule has 0 saturated heterocycles. The van der Waals surface area contributed by atoms with Gasteiger partial charge in [0.1, 0.15) is 10.9 Å². The van der Waals surface area contributed by atoms with E-state index in [1.807, 2.05) is 25.1 Å². The summed E-state index contributed by atoms with van der Waals surface area (Å²) in [6.45, 7) is 1.91. The minimum Gasteiger partial charge on any atom is -0.204 e. The Labute approximate surface area is 79.0 Å². The van der Waals surface area contributed by atoms with Crippen LogP contribution in [-0.4, -0.2) is 0 Å². The lowest BCUT2D eigenvalue weighted by Crippen LogP contribution is -1.74. The quantitative estimate of drug-likeness (QED) is 0.627. The maximum atomic E-state index is 13.4. The van der Waals surface area contributed by atoms with Crippen LogP contribution in [0.2, 0.25) is 0 Å². The van der Waals surface area contributed by atoms with Crippen molar-refractivity contribution in [2.45, 2.75) is 6.92 Å². The van der Waals surface area contributed by atoms with Gasteiger partial charge in [-0.25, -0.2) is 4.39 Å². The Hall–Kier alpha value is -1.40. The van der Waals surface area contributed by atoms with E-state index in [-0.39, 0.29) is 10.7 Å².